The van der Waals surface area contributed by atoms with Crippen LogP contribution in [0.25, 0.3) is 0 Å². The molecule has 13 heteroatoms. The molecule has 3 aromatic rings. The second-order valence-electron chi connectivity index (χ2n) is 8.01. The van der Waals surface area contributed by atoms with Crippen LogP contribution in [0.4, 0.5) is 30.5 Å². The number of nitrogens with one attached hydrogen (secondary N) is 2. The summed E-state index contributed by atoms with van der Waals surface area (Å²) in [6.45, 7) is -0.158. The van der Waals surface area contributed by atoms with E-state index in [1.165, 1.54) is 13.2 Å². The zero-order valence-electron chi connectivity index (χ0n) is 18.7. The third kappa shape index (κ3) is 5.50. The predicted octanol–water partition coefficient (Wildman–Crippen LogP) is 2.98. The predicted molar refractivity (Wildman–Crippen MR) is 123 cm³/mol. The molecule has 184 valence electrons. The van der Waals surface area contributed by atoms with Crippen LogP contribution in [-0.2, 0) is 40.4 Å². The molecule has 1 aromatic carbocycles. The lowest BCUT2D eigenvalue weighted by molar-refractivity contribution is -0.137. The molecule has 9 nitrogen and oxygen atoms in total. The molecule has 0 bridgehead atoms. The molecule has 0 aliphatic carbocycles. The second-order valence-corrected chi connectivity index (χ2v) is 10.0. The van der Waals surface area contributed by atoms with E-state index in [-0.39, 0.29) is 36.9 Å². The highest BCUT2D eigenvalue weighted by Gasteiger charge is 2.35. The third-order valence-corrected chi connectivity index (χ3v) is 6.58. The van der Waals surface area contributed by atoms with Crippen LogP contribution in [0.5, 0.6) is 0 Å². The number of fused-ring (bicyclic) bond motifs is 1. The number of amides is 1. The third-order valence-electron chi connectivity index (χ3n) is 5.41. The lowest BCUT2D eigenvalue weighted by atomic mass is 10.1. The van der Waals surface area contributed by atoms with E-state index in [9.17, 15) is 26.4 Å². The number of nitrogens with zero attached hydrogens (tertiary/aromatic N) is 4. The maximum absolute atomic E-state index is 13.6. The molecule has 0 atom stereocenters. The molecule has 0 unspecified atom stereocenters. The number of halogens is 3. The minimum Gasteiger partial charge on any atom is -0.365 e. The summed E-state index contributed by atoms with van der Waals surface area (Å²) in [5, 5.41) is 5.39. The number of alkyl halides is 3. The van der Waals surface area contributed by atoms with Crippen LogP contribution in [-0.4, -0.2) is 42.6 Å². The fourth-order valence-corrected chi connectivity index (χ4v) is 4.09. The van der Waals surface area contributed by atoms with Gasteiger partial charge in [-0.3, -0.25) is 9.10 Å². The monoisotopic (exact) mass is 506 g/mol. The summed E-state index contributed by atoms with van der Waals surface area (Å²) in [5.41, 5.74) is 1.57. The van der Waals surface area contributed by atoms with Gasteiger partial charge in [-0.25, -0.2) is 23.4 Å². The molecule has 1 amide bonds. The minimum atomic E-state index is -4.71. The van der Waals surface area contributed by atoms with Gasteiger partial charge in [-0.15, -0.1) is 0 Å². The van der Waals surface area contributed by atoms with Crippen molar-refractivity contribution >= 4 is 33.3 Å². The summed E-state index contributed by atoms with van der Waals surface area (Å²) in [6.07, 6.45) is -1.20. The van der Waals surface area contributed by atoms with Crippen LogP contribution >= 0.6 is 0 Å². The smallest absolute Gasteiger partial charge is 0.365 e. The molecule has 2 N–H and O–H groups in total. The molecule has 2 aromatic heterocycles. The fraction of sp³-hybridized carbons (Fsp3) is 0.273. The minimum absolute atomic E-state index is 0.0895. The average molecular weight is 507 g/mol. The summed E-state index contributed by atoms with van der Waals surface area (Å²) in [7, 11) is -2.32. The Hall–Kier alpha value is -3.74. The topological polar surface area (TPSA) is 117 Å². The molecule has 4 rings (SSSR count). The Morgan fingerprint density at radius 1 is 1.20 bits per heavy atom. The van der Waals surface area contributed by atoms with E-state index in [0.717, 1.165) is 27.9 Å². The maximum Gasteiger partial charge on any atom is 0.421 e. The van der Waals surface area contributed by atoms with E-state index in [2.05, 4.69) is 25.6 Å². The molecule has 35 heavy (non-hydrogen) atoms. The van der Waals surface area contributed by atoms with Crippen molar-refractivity contribution in [2.75, 3.05) is 28.2 Å². The van der Waals surface area contributed by atoms with E-state index >= 15 is 0 Å². The molecular weight excluding hydrogens is 485 g/mol. The van der Waals surface area contributed by atoms with E-state index in [4.69, 9.17) is 0 Å². The second kappa shape index (κ2) is 9.13. The standard InChI is InChI=1S/C22H21F3N6O3S/c1-31(35(2,33)34)21-14(4-3-7-26-21)11-28-20-16(22(23,24)25)12-27-18(30-20)9-13-5-6-17-15(8-13)10-19(32)29-17/h3-8,12H,9-11H2,1-2H3,(H,29,32)(H,27,28,30). The molecule has 1 aliphatic rings. The van der Waals surface area contributed by atoms with Gasteiger partial charge in [-0.1, -0.05) is 18.2 Å². The van der Waals surface area contributed by atoms with Crippen molar-refractivity contribution in [2.24, 2.45) is 0 Å². The van der Waals surface area contributed by atoms with Crippen molar-refractivity contribution in [1.29, 1.82) is 0 Å². The van der Waals surface area contributed by atoms with Crippen LogP contribution < -0.4 is 14.9 Å². The van der Waals surface area contributed by atoms with Crippen molar-refractivity contribution in [3.63, 3.8) is 0 Å². The summed E-state index contributed by atoms with van der Waals surface area (Å²) in [6, 6.07) is 8.40. The van der Waals surface area contributed by atoms with Crippen LogP contribution in [0.3, 0.4) is 0 Å². The van der Waals surface area contributed by atoms with Crippen molar-refractivity contribution < 1.29 is 26.4 Å². The van der Waals surface area contributed by atoms with Crippen LogP contribution in [0, 0.1) is 0 Å². The lowest BCUT2D eigenvalue weighted by Gasteiger charge is -2.20. The molecular formula is C22H21F3N6O3S. The van der Waals surface area contributed by atoms with Crippen LogP contribution in [0.1, 0.15) is 28.1 Å². The van der Waals surface area contributed by atoms with Gasteiger partial charge in [0.25, 0.3) is 0 Å². The maximum atomic E-state index is 13.6. The van der Waals surface area contributed by atoms with E-state index in [1.807, 2.05) is 0 Å². The Morgan fingerprint density at radius 3 is 2.69 bits per heavy atom. The van der Waals surface area contributed by atoms with Gasteiger partial charge in [0, 0.05) is 43.7 Å². The summed E-state index contributed by atoms with van der Waals surface area (Å²) >= 11 is 0. The zero-order valence-corrected chi connectivity index (χ0v) is 19.5. The largest absolute Gasteiger partial charge is 0.421 e. The van der Waals surface area contributed by atoms with E-state index in [1.54, 1.807) is 30.3 Å². The highest BCUT2D eigenvalue weighted by atomic mass is 32.2. The Balaban J connectivity index is 1.61. The molecule has 0 radical (unpaired) electrons. The first-order valence-electron chi connectivity index (χ1n) is 10.4. The summed E-state index contributed by atoms with van der Waals surface area (Å²) in [5.74, 6) is -0.313. The first-order chi connectivity index (χ1) is 16.4. The molecule has 0 saturated heterocycles. The van der Waals surface area contributed by atoms with Crippen LogP contribution in [0.2, 0.25) is 0 Å². The molecule has 1 aliphatic heterocycles. The zero-order chi connectivity index (χ0) is 25.4. The van der Waals surface area contributed by atoms with Crippen molar-refractivity contribution in [2.45, 2.75) is 25.6 Å². The number of anilines is 3. The molecule has 0 spiro atoms. The lowest BCUT2D eigenvalue weighted by Crippen LogP contribution is -2.27. The fourth-order valence-electron chi connectivity index (χ4n) is 3.61. The van der Waals surface area contributed by atoms with E-state index < -0.39 is 27.6 Å². The first kappa shape index (κ1) is 24.4. The van der Waals surface area contributed by atoms with Gasteiger partial charge in [0.05, 0.1) is 12.7 Å². The van der Waals surface area contributed by atoms with Gasteiger partial charge in [0.2, 0.25) is 15.9 Å². The summed E-state index contributed by atoms with van der Waals surface area (Å²) in [4.78, 5) is 23.6. The van der Waals surface area contributed by atoms with Gasteiger partial charge >= 0.3 is 6.18 Å². The first-order valence-corrected chi connectivity index (χ1v) is 12.2. The number of aromatic nitrogens is 3. The SMILES string of the molecule is CN(c1ncccc1CNc1nc(Cc2ccc3c(c2)CC(=O)N3)ncc1C(F)(F)F)S(C)(=O)=O. The van der Waals surface area contributed by atoms with Gasteiger partial charge in [0.1, 0.15) is 23.0 Å². The highest BCUT2D eigenvalue weighted by Crippen LogP contribution is 2.34. The molecule has 0 saturated carbocycles. The number of carbonyl (C=O) groups is 1. The van der Waals surface area contributed by atoms with Gasteiger partial charge in [-0.05, 0) is 23.3 Å². The van der Waals surface area contributed by atoms with Gasteiger partial charge in [-0.2, -0.15) is 13.2 Å². The molecule has 0 fully saturated rings. The van der Waals surface area contributed by atoms with Gasteiger partial charge < -0.3 is 10.6 Å². The van der Waals surface area contributed by atoms with Crippen molar-refractivity contribution in [3.8, 4) is 0 Å². The Morgan fingerprint density at radius 2 is 1.97 bits per heavy atom. The normalized spacial score (nSPS) is 13.3. The molecule has 3 heterocycles. The highest BCUT2D eigenvalue weighted by molar-refractivity contribution is 7.92. The number of benzene rings is 1. The average Bonchev–Trinajstić information content (AvgIpc) is 3.15. The number of hydrogen-bond donors (Lipinski definition) is 2. The number of hydrogen-bond acceptors (Lipinski definition) is 7. The Kier molecular flexibility index (Phi) is 6.36. The van der Waals surface area contributed by atoms with Crippen molar-refractivity contribution in [1.82, 2.24) is 15.0 Å². The Bertz CT molecular complexity index is 1400. The number of pyridine rings is 1. The van der Waals surface area contributed by atoms with Crippen LogP contribution in [0.15, 0.2) is 42.7 Å². The Labute approximate surface area is 199 Å². The summed E-state index contributed by atoms with van der Waals surface area (Å²) < 4.78 is 65.7. The number of carbonyl (C=O) groups excluding carboxylic acids is 1. The van der Waals surface area contributed by atoms with E-state index in [0.29, 0.717) is 11.3 Å². The number of sulfonamides is 1. The quantitative estimate of drug-likeness (QED) is 0.506. The van der Waals surface area contributed by atoms with Crippen molar-refractivity contribution in [3.05, 3.63) is 70.8 Å². The van der Waals surface area contributed by atoms with Gasteiger partial charge in [0.15, 0.2) is 0 Å². The number of rotatable bonds is 7.